The van der Waals surface area contributed by atoms with Gasteiger partial charge in [0.1, 0.15) is 6.10 Å². The molecule has 0 rings (SSSR count). The normalized spacial score (nSPS) is 11.4. The Bertz CT molecular complexity index is 135. The van der Waals surface area contributed by atoms with E-state index in [1.165, 1.54) is 0 Å². The van der Waals surface area contributed by atoms with Gasteiger partial charge < -0.3 is 21.4 Å². The van der Waals surface area contributed by atoms with Crippen molar-refractivity contribution in [3.8, 4) is 0 Å². The Labute approximate surface area is 87.2 Å². The number of aliphatic hydroxyl groups is 2. The summed E-state index contributed by atoms with van der Waals surface area (Å²) in [5.74, 6) is 0. The molecule has 64 valence electrons. The fourth-order valence-corrected chi connectivity index (χ4v) is 0.840. The molecule has 4 N–H and O–H groups in total. The van der Waals surface area contributed by atoms with Crippen molar-refractivity contribution in [2.45, 2.75) is 6.10 Å². The van der Waals surface area contributed by atoms with E-state index in [9.17, 15) is 4.57 Å². The summed E-state index contributed by atoms with van der Waals surface area (Å²) in [5.41, 5.74) is 0. The predicted octanol–water partition coefficient (Wildman–Crippen LogP) is -4.43. The van der Waals surface area contributed by atoms with E-state index in [0.29, 0.717) is 0 Å². The Morgan fingerprint density at radius 3 is 1.82 bits per heavy atom. The first-order valence-electron chi connectivity index (χ1n) is 2.45. The van der Waals surface area contributed by atoms with E-state index in [0.717, 1.165) is 0 Å². The molecule has 8 heteroatoms. The van der Waals surface area contributed by atoms with Crippen molar-refractivity contribution < 1.29 is 60.1 Å². The molecule has 6 nitrogen and oxygen atoms in total. The van der Waals surface area contributed by atoms with Crippen LogP contribution >= 0.6 is 7.82 Å². The van der Waals surface area contributed by atoms with Crippen molar-refractivity contribution in [1.82, 2.24) is 0 Å². The molecule has 0 unspecified atom stereocenters. The van der Waals surface area contributed by atoms with Crippen LogP contribution in [0.25, 0.3) is 0 Å². The first kappa shape index (κ1) is 14.5. The quantitative estimate of drug-likeness (QED) is 0.267. The molecule has 0 heterocycles. The van der Waals surface area contributed by atoms with Crippen molar-refractivity contribution >= 4 is 7.82 Å². The molecule has 0 fully saturated rings. The number of rotatable bonds is 4. The summed E-state index contributed by atoms with van der Waals surface area (Å²) in [5, 5.41) is 16.5. The summed E-state index contributed by atoms with van der Waals surface area (Å²) in [6.07, 6.45) is -1.21. The third-order valence-electron chi connectivity index (χ3n) is 0.694. The average molecular weight is 196 g/mol. The molecule has 0 saturated heterocycles. The third-order valence-corrected chi connectivity index (χ3v) is 1.27. The smallest absolute Gasteiger partial charge is 1.00 e. The zero-order chi connectivity index (χ0) is 8.20. The van der Waals surface area contributed by atoms with Gasteiger partial charge in [0, 0.05) is 0 Å². The number of hydrogen-bond donors (Lipinski definition) is 4. The van der Waals surface area contributed by atoms with Crippen LogP contribution in [0.15, 0.2) is 0 Å². The van der Waals surface area contributed by atoms with E-state index in [1.54, 1.807) is 0 Å². The monoisotopic (exact) mass is 196 g/mol. The van der Waals surface area contributed by atoms with Gasteiger partial charge in [0.15, 0.2) is 0 Å². The van der Waals surface area contributed by atoms with Crippen LogP contribution in [-0.4, -0.2) is 39.3 Å². The minimum atomic E-state index is -4.57. The molecule has 0 radical (unpaired) electrons. The minimum absolute atomic E-state index is 0. The molecule has 0 aliphatic heterocycles. The fourth-order valence-electron chi connectivity index (χ4n) is 0.319. The van der Waals surface area contributed by atoms with Crippen molar-refractivity contribution in [3.05, 3.63) is 0 Å². The van der Waals surface area contributed by atoms with E-state index < -0.39 is 27.1 Å². The van der Waals surface area contributed by atoms with Gasteiger partial charge in [0.25, 0.3) is 0 Å². The van der Waals surface area contributed by atoms with Gasteiger partial charge in [-0.3, -0.25) is 4.52 Å². The zero-order valence-electron chi connectivity index (χ0n) is 7.04. The average Bonchev–Trinajstić information content (AvgIpc) is 1.81. The second-order valence-electron chi connectivity index (χ2n) is 1.58. The number of aliphatic hydroxyl groups excluding tert-OH is 2. The number of phosphoric acid groups is 1. The molecular weight excluding hydrogens is 186 g/mol. The molecule has 0 aromatic carbocycles. The van der Waals surface area contributed by atoms with Gasteiger partial charge >= 0.3 is 37.4 Å². The van der Waals surface area contributed by atoms with E-state index in [-0.39, 0.29) is 31.0 Å². The van der Waals surface area contributed by atoms with E-state index in [4.69, 9.17) is 20.0 Å². The Morgan fingerprint density at radius 2 is 1.73 bits per heavy atom. The van der Waals surface area contributed by atoms with Crippen molar-refractivity contribution in [2.24, 2.45) is 0 Å². The Kier molecular flexibility index (Phi) is 8.64. The van der Waals surface area contributed by atoms with Crippen LogP contribution in [0.4, 0.5) is 0 Å². The summed E-state index contributed by atoms with van der Waals surface area (Å²) in [7, 11) is -4.57. The first-order valence-corrected chi connectivity index (χ1v) is 3.98. The molecule has 0 atom stereocenters. The Hall–Kier alpha value is 1.03. The summed E-state index contributed by atoms with van der Waals surface area (Å²) in [6, 6.07) is 0. The summed E-state index contributed by atoms with van der Waals surface area (Å²) in [6.45, 7) is -1.25. The summed E-state index contributed by atoms with van der Waals surface area (Å²) >= 11 is 0. The van der Waals surface area contributed by atoms with Crippen LogP contribution in [0.5, 0.6) is 0 Å². The van der Waals surface area contributed by atoms with Crippen LogP contribution in [-0.2, 0) is 9.09 Å². The number of hydrogen-bond acceptors (Lipinski definition) is 4. The molecule has 0 aromatic rings. The van der Waals surface area contributed by atoms with E-state index in [1.807, 2.05) is 0 Å². The van der Waals surface area contributed by atoms with Crippen LogP contribution in [0.2, 0.25) is 0 Å². The first-order chi connectivity index (χ1) is 4.49. The van der Waals surface area contributed by atoms with E-state index >= 15 is 0 Å². The maximum absolute atomic E-state index is 10.0. The zero-order valence-corrected chi connectivity index (χ0v) is 8.94. The predicted molar refractivity (Wildman–Crippen MR) is 32.2 cm³/mol. The minimum Gasteiger partial charge on any atom is -1.00 e. The van der Waals surface area contributed by atoms with E-state index in [2.05, 4.69) is 4.52 Å². The molecule has 0 amide bonds. The topological polar surface area (TPSA) is 107 Å². The molecule has 0 bridgehead atoms. The van der Waals surface area contributed by atoms with Crippen LogP contribution in [0, 0.1) is 0 Å². The van der Waals surface area contributed by atoms with Gasteiger partial charge in [0.2, 0.25) is 0 Å². The summed E-state index contributed by atoms with van der Waals surface area (Å²) in [4.78, 5) is 16.2. The van der Waals surface area contributed by atoms with Crippen molar-refractivity contribution in [3.63, 3.8) is 0 Å². The molecule has 0 saturated carbocycles. The largest absolute Gasteiger partial charge is 1.00 e. The molecule has 0 aromatic heterocycles. The van der Waals surface area contributed by atoms with Crippen LogP contribution in [0.1, 0.15) is 1.43 Å². The maximum Gasteiger partial charge on any atom is 1.00 e. The molecule has 0 aliphatic carbocycles. The van der Waals surface area contributed by atoms with Crippen LogP contribution in [0.3, 0.4) is 0 Å². The summed E-state index contributed by atoms with van der Waals surface area (Å²) < 4.78 is 13.9. The van der Waals surface area contributed by atoms with Gasteiger partial charge in [-0.25, -0.2) is 4.57 Å². The van der Waals surface area contributed by atoms with Crippen molar-refractivity contribution in [2.75, 3.05) is 13.2 Å². The second kappa shape index (κ2) is 6.54. The third kappa shape index (κ3) is 8.94. The molecule has 0 aliphatic rings. The Morgan fingerprint density at radius 1 is 1.36 bits per heavy atom. The van der Waals surface area contributed by atoms with Gasteiger partial charge in [-0.05, 0) is 0 Å². The van der Waals surface area contributed by atoms with Gasteiger partial charge in [-0.2, -0.15) is 0 Å². The molecule has 11 heavy (non-hydrogen) atoms. The molecular formula is C3H10NaO6P. The molecule has 0 spiro atoms. The number of phosphoric ester groups is 1. The standard InChI is InChI=1S/C3H9O6P.Na.H/c4-1-3(2-5)9-10(6,7)8;;/h3-5H,1-2H2,(H2,6,7,8);;/q;+1;-1. The Balaban J connectivity index is -0.000000405. The van der Waals surface area contributed by atoms with Gasteiger partial charge in [-0.1, -0.05) is 0 Å². The second-order valence-corrected chi connectivity index (χ2v) is 2.78. The fraction of sp³-hybridized carbons (Fsp3) is 1.00. The SMILES string of the molecule is O=P(O)(O)OC(CO)CO.[H-].[Na+]. The maximum atomic E-state index is 10.0. The van der Waals surface area contributed by atoms with Gasteiger partial charge in [0.05, 0.1) is 13.2 Å². The van der Waals surface area contributed by atoms with Crippen molar-refractivity contribution in [1.29, 1.82) is 0 Å². The van der Waals surface area contributed by atoms with Gasteiger partial charge in [-0.15, -0.1) is 0 Å². The van der Waals surface area contributed by atoms with Crippen LogP contribution < -0.4 is 29.6 Å².